The van der Waals surface area contributed by atoms with Crippen molar-refractivity contribution in [3.8, 4) is 0 Å². The largest absolute Gasteiger partial charge is 0.481 e. The lowest BCUT2D eigenvalue weighted by Crippen LogP contribution is -2.57. The van der Waals surface area contributed by atoms with Gasteiger partial charge in [-0.05, 0) is 12.8 Å². The van der Waals surface area contributed by atoms with Gasteiger partial charge in [-0.25, -0.2) is 4.98 Å². The molecule has 1 rings (SSSR count). The zero-order chi connectivity index (χ0) is 25.7. The van der Waals surface area contributed by atoms with Gasteiger partial charge >= 0.3 is 11.9 Å². The summed E-state index contributed by atoms with van der Waals surface area (Å²) >= 11 is 0. The van der Waals surface area contributed by atoms with Crippen molar-refractivity contribution in [2.75, 3.05) is 13.1 Å². The molecule has 0 aromatic carbocycles. The van der Waals surface area contributed by atoms with Crippen molar-refractivity contribution >= 4 is 35.6 Å². The lowest BCUT2D eigenvalue weighted by Gasteiger charge is -2.23. The SMILES string of the molecule is NC(N)=NCCCC(N)C(=O)NC(CC(=O)O)C(=O)NC(Cc1cnc[nH]1)C(=O)NCC(=O)O. The number of aliphatic imine (C=N–C) groups is 1. The number of aromatic amines is 1. The number of carbonyl (C=O) groups is 5. The minimum absolute atomic E-state index is 0.102. The zero-order valence-electron chi connectivity index (χ0n) is 18.2. The summed E-state index contributed by atoms with van der Waals surface area (Å²) in [5, 5.41) is 24.6. The van der Waals surface area contributed by atoms with E-state index in [1.54, 1.807) is 0 Å². The van der Waals surface area contributed by atoms with Gasteiger partial charge in [-0.15, -0.1) is 0 Å². The topological polar surface area (TPSA) is 281 Å². The molecule has 1 aromatic rings. The molecule has 1 aromatic heterocycles. The summed E-state index contributed by atoms with van der Waals surface area (Å²) in [6.07, 6.45) is 2.36. The van der Waals surface area contributed by atoms with E-state index in [2.05, 4.69) is 30.9 Å². The van der Waals surface area contributed by atoms with Gasteiger partial charge in [0.15, 0.2) is 5.96 Å². The summed E-state index contributed by atoms with van der Waals surface area (Å²) in [6.45, 7) is -0.471. The highest BCUT2D eigenvalue weighted by Crippen LogP contribution is 2.03. The van der Waals surface area contributed by atoms with Crippen molar-refractivity contribution in [2.24, 2.45) is 22.2 Å². The fourth-order valence-electron chi connectivity index (χ4n) is 2.70. The number of carbonyl (C=O) groups excluding carboxylic acids is 3. The number of H-pyrrole nitrogens is 1. The molecule has 3 amide bonds. The number of guanidine groups is 1. The molecule has 1 heterocycles. The van der Waals surface area contributed by atoms with Gasteiger partial charge in [0.25, 0.3) is 0 Å². The van der Waals surface area contributed by atoms with Crippen molar-refractivity contribution in [3.63, 3.8) is 0 Å². The lowest BCUT2D eigenvalue weighted by atomic mass is 10.1. The van der Waals surface area contributed by atoms with Crippen LogP contribution in [0, 0.1) is 0 Å². The van der Waals surface area contributed by atoms with Gasteiger partial charge in [0, 0.05) is 24.9 Å². The minimum atomic E-state index is -1.55. The Balaban J connectivity index is 2.86. The summed E-state index contributed by atoms with van der Waals surface area (Å²) in [7, 11) is 0. The second kappa shape index (κ2) is 14.0. The third-order valence-electron chi connectivity index (χ3n) is 4.34. The number of hydrogen-bond donors (Lipinski definition) is 9. The number of hydrogen-bond acceptors (Lipinski definition) is 8. The normalized spacial score (nSPS) is 13.1. The quantitative estimate of drug-likeness (QED) is 0.0657. The van der Waals surface area contributed by atoms with Crippen LogP contribution in [0.3, 0.4) is 0 Å². The van der Waals surface area contributed by atoms with E-state index in [1.165, 1.54) is 12.5 Å². The van der Waals surface area contributed by atoms with E-state index in [-0.39, 0.29) is 25.3 Å². The van der Waals surface area contributed by atoms with Crippen molar-refractivity contribution in [2.45, 2.75) is 43.8 Å². The number of rotatable bonds is 15. The van der Waals surface area contributed by atoms with E-state index in [0.717, 1.165) is 0 Å². The lowest BCUT2D eigenvalue weighted by molar-refractivity contribution is -0.141. The Morgan fingerprint density at radius 3 is 2.26 bits per heavy atom. The van der Waals surface area contributed by atoms with Crippen molar-refractivity contribution in [1.82, 2.24) is 25.9 Å². The molecule has 12 N–H and O–H groups in total. The molecule has 0 radical (unpaired) electrons. The first-order chi connectivity index (χ1) is 16.0. The molecule has 3 unspecified atom stereocenters. The van der Waals surface area contributed by atoms with Crippen LogP contribution in [0.1, 0.15) is 25.0 Å². The zero-order valence-corrected chi connectivity index (χ0v) is 18.2. The molecular formula is C18H29N9O7. The number of nitrogens with two attached hydrogens (primary N) is 3. The molecule has 0 spiro atoms. The predicted octanol–water partition coefficient (Wildman–Crippen LogP) is -4.02. The van der Waals surface area contributed by atoms with Crippen LogP contribution in [-0.2, 0) is 30.4 Å². The number of aliphatic carboxylic acids is 2. The molecule has 16 nitrogen and oxygen atoms in total. The Labute approximate surface area is 193 Å². The second-order valence-electron chi connectivity index (χ2n) is 7.17. The smallest absolute Gasteiger partial charge is 0.322 e. The van der Waals surface area contributed by atoms with E-state index in [0.29, 0.717) is 12.1 Å². The molecule has 0 aliphatic carbocycles. The summed E-state index contributed by atoms with van der Waals surface area (Å²) in [6, 6.07) is -3.91. The Morgan fingerprint density at radius 1 is 1.03 bits per heavy atom. The summed E-state index contributed by atoms with van der Waals surface area (Å²) in [5.41, 5.74) is 16.6. The molecule has 188 valence electrons. The Kier molecular flexibility index (Phi) is 11.5. The molecule has 16 heteroatoms. The van der Waals surface area contributed by atoms with Crippen molar-refractivity contribution in [1.29, 1.82) is 0 Å². The first-order valence-electron chi connectivity index (χ1n) is 10.1. The molecule has 0 fully saturated rings. The maximum atomic E-state index is 12.8. The monoisotopic (exact) mass is 483 g/mol. The maximum absolute atomic E-state index is 12.8. The van der Waals surface area contributed by atoms with Crippen LogP contribution in [0.5, 0.6) is 0 Å². The van der Waals surface area contributed by atoms with E-state index in [1.807, 2.05) is 0 Å². The number of carboxylic acids is 2. The van der Waals surface area contributed by atoms with Crippen molar-refractivity contribution < 1.29 is 34.2 Å². The average molecular weight is 483 g/mol. The summed E-state index contributed by atoms with van der Waals surface area (Å²) < 4.78 is 0. The number of nitrogens with one attached hydrogen (secondary N) is 4. The molecule has 0 saturated carbocycles. The average Bonchev–Trinajstić information content (AvgIpc) is 3.26. The van der Waals surface area contributed by atoms with Crippen LogP contribution in [0.4, 0.5) is 0 Å². The standard InChI is InChI=1S/C18H29N9O7/c19-10(2-1-3-23-18(20)21)15(32)26-12(5-13(28)29)17(34)27-11(4-9-6-22-8-25-9)16(33)24-7-14(30)31/h6,8,10-12H,1-5,7,19H2,(H,22,25)(H,24,33)(H,26,32)(H,27,34)(H,28,29)(H,30,31)(H4,20,21,23). The maximum Gasteiger partial charge on any atom is 0.322 e. The Hall–Kier alpha value is -4.21. The Morgan fingerprint density at radius 2 is 1.71 bits per heavy atom. The molecule has 34 heavy (non-hydrogen) atoms. The highest BCUT2D eigenvalue weighted by molar-refractivity contribution is 5.95. The van der Waals surface area contributed by atoms with Crippen LogP contribution in [0.15, 0.2) is 17.5 Å². The van der Waals surface area contributed by atoms with E-state index in [4.69, 9.17) is 27.4 Å². The third kappa shape index (κ3) is 10.9. The van der Waals surface area contributed by atoms with E-state index >= 15 is 0 Å². The van der Waals surface area contributed by atoms with E-state index in [9.17, 15) is 24.0 Å². The first-order valence-corrected chi connectivity index (χ1v) is 10.1. The van der Waals surface area contributed by atoms with Crippen LogP contribution >= 0.6 is 0 Å². The van der Waals surface area contributed by atoms with Gasteiger partial charge in [0.05, 0.1) is 18.8 Å². The molecule has 3 atom stereocenters. The van der Waals surface area contributed by atoms with Gasteiger partial charge in [-0.3, -0.25) is 29.0 Å². The number of aromatic nitrogens is 2. The third-order valence-corrected chi connectivity index (χ3v) is 4.34. The minimum Gasteiger partial charge on any atom is -0.481 e. The van der Waals surface area contributed by atoms with Crippen LogP contribution in [0.25, 0.3) is 0 Å². The Bertz CT molecular complexity index is 884. The highest BCUT2D eigenvalue weighted by Gasteiger charge is 2.30. The second-order valence-corrected chi connectivity index (χ2v) is 7.17. The van der Waals surface area contributed by atoms with Crippen LogP contribution < -0.4 is 33.2 Å². The fourth-order valence-corrected chi connectivity index (χ4v) is 2.70. The van der Waals surface area contributed by atoms with Crippen molar-refractivity contribution in [3.05, 3.63) is 18.2 Å². The van der Waals surface area contributed by atoms with Crippen LogP contribution in [0.2, 0.25) is 0 Å². The fraction of sp³-hybridized carbons (Fsp3) is 0.500. The summed E-state index contributed by atoms with van der Waals surface area (Å²) in [4.78, 5) is 69.8. The van der Waals surface area contributed by atoms with Gasteiger partial charge in [-0.1, -0.05) is 0 Å². The molecule has 0 aliphatic heterocycles. The van der Waals surface area contributed by atoms with Crippen LogP contribution in [-0.4, -0.2) is 87.0 Å². The molecular weight excluding hydrogens is 454 g/mol. The number of amides is 3. The number of carboxylic acid groups (broad SMARTS) is 2. The first kappa shape index (κ1) is 27.8. The predicted molar refractivity (Wildman–Crippen MR) is 117 cm³/mol. The van der Waals surface area contributed by atoms with Gasteiger partial charge in [0.2, 0.25) is 17.7 Å². The molecule has 0 saturated heterocycles. The highest BCUT2D eigenvalue weighted by atomic mass is 16.4. The van der Waals surface area contributed by atoms with Gasteiger partial charge < -0.3 is 48.3 Å². The number of imidazole rings is 1. The number of nitrogens with zero attached hydrogens (tertiary/aromatic N) is 2. The summed E-state index contributed by atoms with van der Waals surface area (Å²) in [5.74, 6) is -5.40. The van der Waals surface area contributed by atoms with Gasteiger partial charge in [-0.2, -0.15) is 0 Å². The van der Waals surface area contributed by atoms with E-state index < -0.39 is 60.8 Å². The molecule has 0 bridgehead atoms. The molecule has 0 aliphatic rings. The van der Waals surface area contributed by atoms with Gasteiger partial charge in [0.1, 0.15) is 18.6 Å².